The van der Waals surface area contributed by atoms with Gasteiger partial charge in [-0.25, -0.2) is 0 Å². The zero-order chi connectivity index (χ0) is 9.47. The lowest BCUT2D eigenvalue weighted by molar-refractivity contribution is -0.127. The van der Waals surface area contributed by atoms with Gasteiger partial charge in [0, 0.05) is 11.8 Å². The standard InChI is InChI=1S/C12H18O/c1-9-5-7-12(8-6-9)10(2)3-4-11(12)13/h5,10H,3-4,6-8H2,1-2H3/t10-,12?/m1/s1. The molecule has 1 unspecified atom stereocenters. The minimum absolute atomic E-state index is 0.0551. The minimum atomic E-state index is 0.0551. The molecule has 0 aromatic heterocycles. The van der Waals surface area contributed by atoms with E-state index < -0.39 is 0 Å². The summed E-state index contributed by atoms with van der Waals surface area (Å²) in [4.78, 5) is 11.8. The summed E-state index contributed by atoms with van der Waals surface area (Å²) in [6, 6.07) is 0. The molecule has 2 aliphatic rings. The summed E-state index contributed by atoms with van der Waals surface area (Å²) in [7, 11) is 0. The van der Waals surface area contributed by atoms with Crippen LogP contribution in [-0.2, 0) is 4.79 Å². The number of carbonyl (C=O) groups is 1. The third-order valence-corrected chi connectivity index (χ3v) is 4.08. The van der Waals surface area contributed by atoms with E-state index >= 15 is 0 Å². The molecule has 1 fully saturated rings. The van der Waals surface area contributed by atoms with Crippen LogP contribution in [0.1, 0.15) is 46.0 Å². The van der Waals surface area contributed by atoms with E-state index in [2.05, 4.69) is 19.9 Å². The van der Waals surface area contributed by atoms with E-state index in [0.29, 0.717) is 11.7 Å². The predicted octanol–water partition coefficient (Wildman–Crippen LogP) is 3.10. The van der Waals surface area contributed by atoms with Gasteiger partial charge in [0.25, 0.3) is 0 Å². The van der Waals surface area contributed by atoms with E-state index in [9.17, 15) is 4.79 Å². The normalized spacial score (nSPS) is 39.7. The Morgan fingerprint density at radius 1 is 1.46 bits per heavy atom. The number of rotatable bonds is 0. The van der Waals surface area contributed by atoms with Crippen LogP contribution in [0, 0.1) is 11.3 Å². The topological polar surface area (TPSA) is 17.1 Å². The molecule has 1 nitrogen and oxygen atoms in total. The Bertz CT molecular complexity index is 264. The molecule has 0 radical (unpaired) electrons. The minimum Gasteiger partial charge on any atom is -0.299 e. The Morgan fingerprint density at radius 2 is 2.23 bits per heavy atom. The van der Waals surface area contributed by atoms with Crippen molar-refractivity contribution in [1.29, 1.82) is 0 Å². The molecule has 0 aromatic rings. The SMILES string of the molecule is CC1=CCC2(CC1)C(=O)CC[C@H]2C. The van der Waals surface area contributed by atoms with Crippen LogP contribution in [0.15, 0.2) is 11.6 Å². The van der Waals surface area contributed by atoms with Crippen molar-refractivity contribution in [3.8, 4) is 0 Å². The van der Waals surface area contributed by atoms with E-state index in [1.54, 1.807) is 0 Å². The molecule has 2 rings (SSSR count). The summed E-state index contributed by atoms with van der Waals surface area (Å²) in [6.45, 7) is 4.43. The van der Waals surface area contributed by atoms with Gasteiger partial charge in [0.15, 0.2) is 0 Å². The first-order valence-corrected chi connectivity index (χ1v) is 5.34. The Morgan fingerprint density at radius 3 is 2.69 bits per heavy atom. The van der Waals surface area contributed by atoms with Crippen LogP contribution < -0.4 is 0 Å². The maximum absolute atomic E-state index is 11.8. The zero-order valence-corrected chi connectivity index (χ0v) is 8.60. The van der Waals surface area contributed by atoms with Crippen molar-refractivity contribution in [3.05, 3.63) is 11.6 Å². The molecule has 0 amide bonds. The second-order valence-corrected chi connectivity index (χ2v) is 4.77. The maximum atomic E-state index is 11.8. The summed E-state index contributed by atoms with van der Waals surface area (Å²) < 4.78 is 0. The summed E-state index contributed by atoms with van der Waals surface area (Å²) in [6.07, 6.45) is 7.48. The third kappa shape index (κ3) is 1.25. The average Bonchev–Trinajstić information content (AvgIpc) is 2.39. The fourth-order valence-electron chi connectivity index (χ4n) is 2.83. The fourth-order valence-corrected chi connectivity index (χ4v) is 2.83. The average molecular weight is 178 g/mol. The molecule has 1 saturated carbocycles. The second kappa shape index (κ2) is 2.97. The molecule has 0 heterocycles. The second-order valence-electron chi connectivity index (χ2n) is 4.77. The lowest BCUT2D eigenvalue weighted by Gasteiger charge is -2.34. The number of ketones is 1. The lowest BCUT2D eigenvalue weighted by atomic mass is 9.68. The van der Waals surface area contributed by atoms with Gasteiger partial charge >= 0.3 is 0 Å². The first-order valence-electron chi connectivity index (χ1n) is 5.34. The molecule has 2 atom stereocenters. The number of hydrogen-bond donors (Lipinski definition) is 0. The maximum Gasteiger partial charge on any atom is 0.139 e. The molecule has 0 aliphatic heterocycles. The van der Waals surface area contributed by atoms with Gasteiger partial charge in [0.2, 0.25) is 0 Å². The Hall–Kier alpha value is -0.590. The quantitative estimate of drug-likeness (QED) is 0.521. The van der Waals surface area contributed by atoms with E-state index in [1.807, 2.05) is 0 Å². The molecule has 0 bridgehead atoms. The molecule has 0 aromatic carbocycles. The van der Waals surface area contributed by atoms with Crippen molar-refractivity contribution in [1.82, 2.24) is 0 Å². The van der Waals surface area contributed by atoms with Crippen molar-refractivity contribution in [3.63, 3.8) is 0 Å². The van der Waals surface area contributed by atoms with Crippen molar-refractivity contribution < 1.29 is 4.79 Å². The van der Waals surface area contributed by atoms with Crippen LogP contribution in [0.25, 0.3) is 0 Å². The van der Waals surface area contributed by atoms with Crippen molar-refractivity contribution >= 4 is 5.78 Å². The van der Waals surface area contributed by atoms with Crippen LogP contribution in [0.5, 0.6) is 0 Å². The molecule has 13 heavy (non-hydrogen) atoms. The number of Topliss-reactive ketones (excluding diaryl/α,β-unsaturated/α-hetero) is 1. The summed E-state index contributed by atoms with van der Waals surface area (Å²) in [5, 5.41) is 0. The van der Waals surface area contributed by atoms with Gasteiger partial charge in [-0.1, -0.05) is 18.6 Å². The van der Waals surface area contributed by atoms with Gasteiger partial charge in [-0.3, -0.25) is 4.79 Å². The van der Waals surface area contributed by atoms with Gasteiger partial charge in [-0.05, 0) is 38.5 Å². The third-order valence-electron chi connectivity index (χ3n) is 4.08. The van der Waals surface area contributed by atoms with E-state index in [1.165, 1.54) is 5.57 Å². The highest BCUT2D eigenvalue weighted by molar-refractivity contribution is 5.87. The smallest absolute Gasteiger partial charge is 0.139 e. The van der Waals surface area contributed by atoms with Crippen LogP contribution in [0.2, 0.25) is 0 Å². The number of carbonyl (C=O) groups excluding carboxylic acids is 1. The van der Waals surface area contributed by atoms with Gasteiger partial charge in [-0.2, -0.15) is 0 Å². The summed E-state index contributed by atoms with van der Waals surface area (Å²) in [5.74, 6) is 1.15. The molecule has 1 heteroatoms. The van der Waals surface area contributed by atoms with E-state index in [-0.39, 0.29) is 5.41 Å². The van der Waals surface area contributed by atoms with Gasteiger partial charge in [0.05, 0.1) is 0 Å². The Balaban J connectivity index is 2.25. The van der Waals surface area contributed by atoms with Crippen LogP contribution in [-0.4, -0.2) is 5.78 Å². The molecule has 0 N–H and O–H groups in total. The number of allylic oxidation sites excluding steroid dienone is 2. The molecule has 72 valence electrons. The van der Waals surface area contributed by atoms with Crippen LogP contribution in [0.3, 0.4) is 0 Å². The van der Waals surface area contributed by atoms with Crippen molar-refractivity contribution in [2.75, 3.05) is 0 Å². The van der Waals surface area contributed by atoms with Crippen LogP contribution in [0.4, 0.5) is 0 Å². The fraction of sp³-hybridized carbons (Fsp3) is 0.750. The van der Waals surface area contributed by atoms with Gasteiger partial charge in [0.1, 0.15) is 5.78 Å². The van der Waals surface area contributed by atoms with Crippen LogP contribution >= 0.6 is 0 Å². The summed E-state index contributed by atoms with van der Waals surface area (Å²) >= 11 is 0. The zero-order valence-electron chi connectivity index (χ0n) is 8.60. The van der Waals surface area contributed by atoms with Gasteiger partial charge in [-0.15, -0.1) is 0 Å². The molecule has 2 aliphatic carbocycles. The first-order chi connectivity index (χ1) is 6.15. The Kier molecular flexibility index (Phi) is 2.05. The number of hydrogen-bond acceptors (Lipinski definition) is 1. The lowest BCUT2D eigenvalue weighted by Crippen LogP contribution is -2.32. The largest absolute Gasteiger partial charge is 0.299 e. The van der Waals surface area contributed by atoms with Crippen molar-refractivity contribution in [2.24, 2.45) is 11.3 Å². The molecule has 0 saturated heterocycles. The highest BCUT2D eigenvalue weighted by atomic mass is 16.1. The summed E-state index contributed by atoms with van der Waals surface area (Å²) in [5.41, 5.74) is 1.53. The first kappa shape index (κ1) is 8.98. The molecular formula is C12H18O. The molecule has 1 spiro atoms. The highest BCUT2D eigenvalue weighted by Gasteiger charge is 2.46. The van der Waals surface area contributed by atoms with E-state index in [4.69, 9.17) is 0 Å². The molecular weight excluding hydrogens is 160 g/mol. The van der Waals surface area contributed by atoms with Gasteiger partial charge < -0.3 is 0 Å². The highest BCUT2D eigenvalue weighted by Crippen LogP contribution is 2.49. The Labute approximate surface area is 80.2 Å². The monoisotopic (exact) mass is 178 g/mol. The predicted molar refractivity (Wildman–Crippen MR) is 53.4 cm³/mol. The van der Waals surface area contributed by atoms with E-state index in [0.717, 1.165) is 32.1 Å². The van der Waals surface area contributed by atoms with Crippen molar-refractivity contribution in [2.45, 2.75) is 46.0 Å².